The first-order valence-electron chi connectivity index (χ1n) is 12.9. The van der Waals surface area contributed by atoms with Gasteiger partial charge in [-0.25, -0.2) is 9.48 Å². The van der Waals surface area contributed by atoms with Gasteiger partial charge in [0.15, 0.2) is 0 Å². The van der Waals surface area contributed by atoms with Crippen molar-refractivity contribution in [3.05, 3.63) is 90.5 Å². The fraction of sp³-hybridized carbons (Fsp3) is 0.233. The molecule has 0 fully saturated rings. The first kappa shape index (κ1) is 29.2. The highest BCUT2D eigenvalue weighted by Gasteiger charge is 2.30. The molecule has 0 radical (unpaired) electrons. The Bertz CT molecular complexity index is 1470. The topological polar surface area (TPSA) is 88.5 Å². The van der Waals surface area contributed by atoms with E-state index in [-0.39, 0.29) is 24.7 Å². The number of methoxy groups -OCH3 is 1. The third kappa shape index (κ3) is 7.65. The standard InChI is InChI=1S/C30H30F3N5O3/c1-20(2)18-37(29(40)34-23-11-9-22(10-12-23)30(31,32)33)19-28(39)35-27-17-26(21-7-5-4-6-8-21)36-38(27)24-13-15-25(41-3)16-14-24/h4-17,20H,18-19H2,1-3H3,(H,34,40)(H,35,39). The van der Waals surface area contributed by atoms with Crippen LogP contribution in [0.25, 0.3) is 16.9 Å². The summed E-state index contributed by atoms with van der Waals surface area (Å²) < 4.78 is 45.5. The van der Waals surface area contributed by atoms with Gasteiger partial charge in [0.25, 0.3) is 0 Å². The molecule has 3 amide bonds. The van der Waals surface area contributed by atoms with Crippen molar-refractivity contribution in [2.45, 2.75) is 20.0 Å². The van der Waals surface area contributed by atoms with Crippen LogP contribution in [0.15, 0.2) is 84.9 Å². The maximum atomic E-state index is 13.2. The van der Waals surface area contributed by atoms with Gasteiger partial charge in [-0.2, -0.15) is 18.3 Å². The lowest BCUT2D eigenvalue weighted by molar-refractivity contribution is -0.137. The molecule has 0 unspecified atom stereocenters. The SMILES string of the molecule is COc1ccc(-n2nc(-c3ccccc3)cc2NC(=O)CN(CC(C)C)C(=O)Nc2ccc(C(F)(F)F)cc2)cc1. The zero-order valence-corrected chi connectivity index (χ0v) is 22.8. The minimum Gasteiger partial charge on any atom is -0.497 e. The van der Waals surface area contributed by atoms with Gasteiger partial charge >= 0.3 is 12.2 Å². The Morgan fingerprint density at radius 3 is 2.20 bits per heavy atom. The molecule has 4 aromatic rings. The number of halogens is 3. The molecule has 3 aromatic carbocycles. The Labute approximate surface area is 235 Å². The molecule has 0 saturated carbocycles. The fourth-order valence-electron chi connectivity index (χ4n) is 4.10. The number of aromatic nitrogens is 2. The predicted octanol–water partition coefficient (Wildman–Crippen LogP) is 6.70. The Balaban J connectivity index is 1.54. The number of carbonyl (C=O) groups is 2. The quantitative estimate of drug-likeness (QED) is 0.237. The van der Waals surface area contributed by atoms with Crippen LogP contribution in [-0.4, -0.2) is 46.8 Å². The van der Waals surface area contributed by atoms with Crippen LogP contribution < -0.4 is 15.4 Å². The highest BCUT2D eigenvalue weighted by atomic mass is 19.4. The molecule has 41 heavy (non-hydrogen) atoms. The normalized spacial score (nSPS) is 11.3. The summed E-state index contributed by atoms with van der Waals surface area (Å²) in [7, 11) is 1.57. The Hall–Kier alpha value is -4.80. The number of benzene rings is 3. The van der Waals surface area contributed by atoms with E-state index in [4.69, 9.17) is 9.84 Å². The molecule has 0 spiro atoms. The van der Waals surface area contributed by atoms with Crippen molar-refractivity contribution in [1.29, 1.82) is 0 Å². The van der Waals surface area contributed by atoms with Gasteiger partial charge in [-0.15, -0.1) is 0 Å². The molecular formula is C30H30F3N5O3. The van der Waals surface area contributed by atoms with Crippen LogP contribution in [0.3, 0.4) is 0 Å². The van der Waals surface area contributed by atoms with Crippen molar-refractivity contribution in [2.75, 3.05) is 30.8 Å². The summed E-state index contributed by atoms with van der Waals surface area (Å²) in [5.74, 6) is 0.614. The number of carbonyl (C=O) groups excluding carboxylic acids is 2. The molecular weight excluding hydrogens is 535 g/mol. The summed E-state index contributed by atoms with van der Waals surface area (Å²) in [6.07, 6.45) is -4.48. The number of urea groups is 1. The van der Waals surface area contributed by atoms with E-state index >= 15 is 0 Å². The molecule has 2 N–H and O–H groups in total. The van der Waals surface area contributed by atoms with E-state index in [0.717, 1.165) is 17.7 Å². The van der Waals surface area contributed by atoms with E-state index < -0.39 is 23.7 Å². The molecule has 214 valence electrons. The molecule has 0 aliphatic carbocycles. The van der Waals surface area contributed by atoms with Gasteiger partial charge in [-0.3, -0.25) is 4.79 Å². The number of anilines is 2. The summed E-state index contributed by atoms with van der Waals surface area (Å²) in [5, 5.41) is 10.1. The van der Waals surface area contributed by atoms with Crippen molar-refractivity contribution >= 4 is 23.4 Å². The summed E-state index contributed by atoms with van der Waals surface area (Å²) in [5.41, 5.74) is 1.53. The van der Waals surface area contributed by atoms with E-state index in [9.17, 15) is 22.8 Å². The van der Waals surface area contributed by atoms with Crippen LogP contribution in [-0.2, 0) is 11.0 Å². The second-order valence-corrected chi connectivity index (χ2v) is 9.72. The van der Waals surface area contributed by atoms with Gasteiger partial charge < -0.3 is 20.3 Å². The minimum atomic E-state index is -4.48. The molecule has 4 rings (SSSR count). The predicted molar refractivity (Wildman–Crippen MR) is 151 cm³/mol. The monoisotopic (exact) mass is 565 g/mol. The van der Waals surface area contributed by atoms with Crippen LogP contribution >= 0.6 is 0 Å². The second kappa shape index (κ2) is 12.6. The van der Waals surface area contributed by atoms with E-state index in [0.29, 0.717) is 22.9 Å². The van der Waals surface area contributed by atoms with Crippen LogP contribution in [0.4, 0.5) is 29.5 Å². The average Bonchev–Trinajstić information content (AvgIpc) is 3.36. The number of amides is 3. The first-order chi connectivity index (χ1) is 19.5. The van der Waals surface area contributed by atoms with Crippen LogP contribution in [0, 0.1) is 5.92 Å². The smallest absolute Gasteiger partial charge is 0.416 e. The molecule has 1 heterocycles. The zero-order valence-electron chi connectivity index (χ0n) is 22.8. The second-order valence-electron chi connectivity index (χ2n) is 9.72. The van der Waals surface area contributed by atoms with Crippen molar-refractivity contribution in [3.63, 3.8) is 0 Å². The third-order valence-corrected chi connectivity index (χ3v) is 6.03. The molecule has 11 heteroatoms. The maximum absolute atomic E-state index is 13.2. The molecule has 0 aliphatic rings. The molecule has 0 atom stereocenters. The summed E-state index contributed by atoms with van der Waals surface area (Å²) in [6.45, 7) is 3.73. The number of rotatable bonds is 9. The lowest BCUT2D eigenvalue weighted by Crippen LogP contribution is -2.42. The lowest BCUT2D eigenvalue weighted by Gasteiger charge is -2.24. The van der Waals surface area contributed by atoms with E-state index in [1.807, 2.05) is 44.2 Å². The van der Waals surface area contributed by atoms with Crippen molar-refractivity contribution < 1.29 is 27.5 Å². The average molecular weight is 566 g/mol. The number of ether oxygens (including phenoxy) is 1. The van der Waals surface area contributed by atoms with E-state index in [1.54, 1.807) is 42.1 Å². The maximum Gasteiger partial charge on any atom is 0.416 e. The zero-order chi connectivity index (χ0) is 29.6. The number of nitrogens with one attached hydrogen (secondary N) is 2. The molecule has 0 bridgehead atoms. The summed E-state index contributed by atoms with van der Waals surface area (Å²) in [6, 6.07) is 21.9. The van der Waals surface area contributed by atoms with E-state index in [2.05, 4.69) is 10.6 Å². The van der Waals surface area contributed by atoms with Gasteiger partial charge in [-0.1, -0.05) is 44.2 Å². The first-order valence-corrected chi connectivity index (χ1v) is 12.9. The lowest BCUT2D eigenvalue weighted by atomic mass is 10.1. The van der Waals surface area contributed by atoms with Crippen molar-refractivity contribution in [1.82, 2.24) is 14.7 Å². The van der Waals surface area contributed by atoms with Crippen molar-refractivity contribution in [2.24, 2.45) is 5.92 Å². The highest BCUT2D eigenvalue weighted by Crippen LogP contribution is 2.30. The van der Waals surface area contributed by atoms with Gasteiger partial charge in [0.05, 0.1) is 24.1 Å². The van der Waals surface area contributed by atoms with Crippen molar-refractivity contribution in [3.8, 4) is 22.7 Å². The fourth-order valence-corrected chi connectivity index (χ4v) is 4.10. The van der Waals surface area contributed by atoms with Crippen LogP contribution in [0.2, 0.25) is 0 Å². The van der Waals surface area contributed by atoms with Gasteiger partial charge in [0.2, 0.25) is 5.91 Å². The Kier molecular flexibility index (Phi) is 8.96. The third-order valence-electron chi connectivity index (χ3n) is 6.03. The highest BCUT2D eigenvalue weighted by molar-refractivity contribution is 5.97. The van der Waals surface area contributed by atoms with Gasteiger partial charge in [-0.05, 0) is 54.4 Å². The Morgan fingerprint density at radius 1 is 0.951 bits per heavy atom. The molecule has 8 nitrogen and oxygen atoms in total. The number of nitrogens with zero attached hydrogens (tertiary/aromatic N) is 3. The number of hydrogen-bond acceptors (Lipinski definition) is 4. The van der Waals surface area contributed by atoms with Gasteiger partial charge in [0.1, 0.15) is 18.1 Å². The molecule has 0 aliphatic heterocycles. The number of hydrogen-bond donors (Lipinski definition) is 2. The minimum absolute atomic E-state index is 0.0238. The van der Waals surface area contributed by atoms with Crippen LogP contribution in [0.1, 0.15) is 19.4 Å². The summed E-state index contributed by atoms with van der Waals surface area (Å²) in [4.78, 5) is 27.6. The van der Waals surface area contributed by atoms with Gasteiger partial charge in [0, 0.05) is 23.9 Å². The van der Waals surface area contributed by atoms with E-state index in [1.165, 1.54) is 17.0 Å². The largest absolute Gasteiger partial charge is 0.497 e. The molecule has 1 aromatic heterocycles. The Morgan fingerprint density at radius 2 is 1.61 bits per heavy atom. The number of alkyl halides is 3. The molecule has 0 saturated heterocycles. The van der Waals surface area contributed by atoms with Crippen LogP contribution in [0.5, 0.6) is 5.75 Å². The summed E-state index contributed by atoms with van der Waals surface area (Å²) >= 11 is 0.